The third kappa shape index (κ3) is 9.17. The molecule has 0 heterocycles. The lowest BCUT2D eigenvalue weighted by Gasteiger charge is -2.33. The fraction of sp³-hybridized carbons (Fsp3) is 0.429. The van der Waals surface area contributed by atoms with Crippen LogP contribution in [0.1, 0.15) is 66.3 Å². The first-order valence-electron chi connectivity index (χ1n) is 15.3. The Morgan fingerprint density at radius 2 is 1.56 bits per heavy atom. The van der Waals surface area contributed by atoms with Crippen molar-refractivity contribution in [3.63, 3.8) is 0 Å². The number of amides is 2. The number of rotatable bonds is 13. The van der Waals surface area contributed by atoms with Gasteiger partial charge in [0.2, 0.25) is 21.8 Å². The molecule has 0 aromatic heterocycles. The van der Waals surface area contributed by atoms with Gasteiger partial charge in [0, 0.05) is 32.0 Å². The molecule has 0 radical (unpaired) electrons. The lowest BCUT2D eigenvalue weighted by Crippen LogP contribution is -2.52. The number of hydrogen-bond acceptors (Lipinski definition) is 4. The SMILES string of the molecule is Cc1ccc(CN(C(=O)CCCN(c2ccc(C)c(C)c2)S(C)(=O)=O)C(Cc2ccccc2)C(=O)NC2CCCC2)cc1. The summed E-state index contributed by atoms with van der Waals surface area (Å²) in [6.07, 6.45) is 6.13. The molecule has 43 heavy (non-hydrogen) atoms. The van der Waals surface area contributed by atoms with Gasteiger partial charge in [-0.1, -0.05) is 79.1 Å². The number of nitrogens with zero attached hydrogens (tertiary/aromatic N) is 2. The van der Waals surface area contributed by atoms with E-state index in [9.17, 15) is 18.0 Å². The minimum absolute atomic E-state index is 0.116. The number of aryl methyl sites for hydroxylation is 3. The van der Waals surface area contributed by atoms with E-state index in [1.54, 1.807) is 11.0 Å². The molecule has 3 aromatic carbocycles. The molecule has 8 heteroatoms. The number of anilines is 1. The number of hydrogen-bond donors (Lipinski definition) is 1. The smallest absolute Gasteiger partial charge is 0.243 e. The molecule has 1 N–H and O–H groups in total. The molecule has 1 unspecified atom stereocenters. The van der Waals surface area contributed by atoms with Crippen LogP contribution in [0.5, 0.6) is 0 Å². The summed E-state index contributed by atoms with van der Waals surface area (Å²) in [7, 11) is -3.56. The standard InChI is InChI=1S/C35H45N3O4S/c1-26-16-19-30(20-17-26)25-37(33(24-29-11-6-5-7-12-29)35(40)36-31-13-8-9-14-31)34(39)15-10-22-38(43(4,41)42)32-21-18-27(2)28(3)23-32/h5-7,11-12,16-21,23,31,33H,8-10,13-15,22,24-25H2,1-4H3,(H,36,40). The maximum Gasteiger partial charge on any atom is 0.243 e. The maximum atomic E-state index is 14.0. The Labute approximate surface area is 257 Å². The third-order valence-electron chi connectivity index (χ3n) is 8.38. The topological polar surface area (TPSA) is 86.8 Å². The second kappa shape index (κ2) is 14.7. The van der Waals surface area contributed by atoms with Crippen LogP contribution in [0.3, 0.4) is 0 Å². The van der Waals surface area contributed by atoms with Crippen LogP contribution in [-0.2, 0) is 32.6 Å². The molecule has 1 aliphatic carbocycles. The van der Waals surface area contributed by atoms with Crippen molar-refractivity contribution in [2.45, 2.75) is 84.3 Å². The Morgan fingerprint density at radius 3 is 2.19 bits per heavy atom. The molecular formula is C35H45N3O4S. The van der Waals surface area contributed by atoms with Gasteiger partial charge in [-0.25, -0.2) is 8.42 Å². The monoisotopic (exact) mass is 603 g/mol. The number of benzene rings is 3. The van der Waals surface area contributed by atoms with Crippen molar-refractivity contribution < 1.29 is 18.0 Å². The van der Waals surface area contributed by atoms with Gasteiger partial charge in [-0.2, -0.15) is 0 Å². The summed E-state index contributed by atoms with van der Waals surface area (Å²) in [6.45, 7) is 6.42. The highest BCUT2D eigenvalue weighted by Crippen LogP contribution is 2.24. The van der Waals surface area contributed by atoms with Gasteiger partial charge in [-0.15, -0.1) is 0 Å². The molecule has 4 rings (SSSR count). The summed E-state index contributed by atoms with van der Waals surface area (Å²) in [5.74, 6) is -0.305. The number of carbonyl (C=O) groups excluding carboxylic acids is 2. The summed E-state index contributed by atoms with van der Waals surface area (Å²) in [5, 5.41) is 3.23. The Balaban J connectivity index is 1.58. The van der Waals surface area contributed by atoms with Crippen molar-refractivity contribution in [3.8, 4) is 0 Å². The molecule has 0 bridgehead atoms. The summed E-state index contributed by atoms with van der Waals surface area (Å²) < 4.78 is 26.9. The molecule has 0 saturated heterocycles. The highest BCUT2D eigenvalue weighted by Gasteiger charge is 2.32. The summed E-state index contributed by atoms with van der Waals surface area (Å²) in [5.41, 5.74) is 5.72. The van der Waals surface area contributed by atoms with E-state index in [1.807, 2.05) is 87.5 Å². The van der Waals surface area contributed by atoms with Crippen LogP contribution in [0, 0.1) is 20.8 Å². The van der Waals surface area contributed by atoms with E-state index in [0.717, 1.165) is 53.5 Å². The Kier molecular flexibility index (Phi) is 11.0. The number of nitrogens with one attached hydrogen (secondary N) is 1. The molecule has 0 spiro atoms. The van der Waals surface area contributed by atoms with Crippen molar-refractivity contribution in [1.29, 1.82) is 0 Å². The molecule has 0 aliphatic heterocycles. The largest absolute Gasteiger partial charge is 0.352 e. The second-order valence-electron chi connectivity index (χ2n) is 11.9. The average Bonchev–Trinajstić information content (AvgIpc) is 3.48. The van der Waals surface area contributed by atoms with E-state index in [4.69, 9.17) is 0 Å². The van der Waals surface area contributed by atoms with Crippen LogP contribution < -0.4 is 9.62 Å². The highest BCUT2D eigenvalue weighted by atomic mass is 32.2. The zero-order valence-electron chi connectivity index (χ0n) is 25.9. The van der Waals surface area contributed by atoms with E-state index in [-0.39, 0.29) is 30.8 Å². The summed E-state index contributed by atoms with van der Waals surface area (Å²) in [4.78, 5) is 29.6. The molecule has 1 fully saturated rings. The molecular weight excluding hydrogens is 558 g/mol. The van der Waals surface area contributed by atoms with E-state index >= 15 is 0 Å². The first-order chi connectivity index (χ1) is 20.5. The maximum absolute atomic E-state index is 14.0. The van der Waals surface area contributed by atoms with Gasteiger partial charge in [-0.3, -0.25) is 13.9 Å². The van der Waals surface area contributed by atoms with Crippen molar-refractivity contribution in [2.75, 3.05) is 17.1 Å². The van der Waals surface area contributed by atoms with Crippen molar-refractivity contribution in [1.82, 2.24) is 10.2 Å². The van der Waals surface area contributed by atoms with Gasteiger partial charge in [0.1, 0.15) is 6.04 Å². The quantitative estimate of drug-likeness (QED) is 0.265. The third-order valence-corrected chi connectivity index (χ3v) is 9.57. The number of carbonyl (C=O) groups is 2. The summed E-state index contributed by atoms with van der Waals surface area (Å²) >= 11 is 0. The lowest BCUT2D eigenvalue weighted by molar-refractivity contribution is -0.141. The van der Waals surface area contributed by atoms with Gasteiger partial charge in [-0.05, 0) is 74.4 Å². The molecule has 7 nitrogen and oxygen atoms in total. The van der Waals surface area contributed by atoms with Crippen molar-refractivity contribution >= 4 is 27.5 Å². The fourth-order valence-electron chi connectivity index (χ4n) is 5.70. The predicted molar refractivity (Wildman–Crippen MR) is 173 cm³/mol. The fourth-order valence-corrected chi connectivity index (χ4v) is 6.65. The lowest BCUT2D eigenvalue weighted by atomic mass is 10.0. The first kappa shape index (κ1) is 32.3. The van der Waals surface area contributed by atoms with Crippen molar-refractivity contribution in [3.05, 3.63) is 101 Å². The van der Waals surface area contributed by atoms with Crippen LogP contribution in [0.25, 0.3) is 0 Å². The predicted octanol–water partition coefficient (Wildman–Crippen LogP) is 5.86. The molecule has 230 valence electrons. The highest BCUT2D eigenvalue weighted by molar-refractivity contribution is 7.92. The minimum Gasteiger partial charge on any atom is -0.352 e. The van der Waals surface area contributed by atoms with Gasteiger partial charge in [0.05, 0.1) is 11.9 Å². The van der Waals surface area contributed by atoms with Gasteiger partial charge in [0.15, 0.2) is 0 Å². The molecule has 2 amide bonds. The van der Waals surface area contributed by atoms with E-state index in [2.05, 4.69) is 5.32 Å². The van der Waals surface area contributed by atoms with Crippen LogP contribution in [-0.4, -0.2) is 50.0 Å². The Hall–Kier alpha value is -3.65. The van der Waals surface area contributed by atoms with E-state index in [1.165, 1.54) is 10.6 Å². The average molecular weight is 604 g/mol. The zero-order chi connectivity index (χ0) is 31.0. The van der Waals surface area contributed by atoms with Crippen LogP contribution in [0.15, 0.2) is 72.8 Å². The minimum atomic E-state index is -3.56. The van der Waals surface area contributed by atoms with E-state index in [0.29, 0.717) is 25.1 Å². The molecule has 1 atom stereocenters. The molecule has 1 aliphatic rings. The van der Waals surface area contributed by atoms with E-state index < -0.39 is 16.1 Å². The zero-order valence-corrected chi connectivity index (χ0v) is 26.7. The molecule has 1 saturated carbocycles. The van der Waals surface area contributed by atoms with Crippen LogP contribution in [0.2, 0.25) is 0 Å². The van der Waals surface area contributed by atoms with Gasteiger partial charge < -0.3 is 10.2 Å². The van der Waals surface area contributed by atoms with Gasteiger partial charge >= 0.3 is 0 Å². The number of sulfonamides is 1. The normalized spacial score (nSPS) is 14.3. The van der Waals surface area contributed by atoms with Crippen LogP contribution >= 0.6 is 0 Å². The van der Waals surface area contributed by atoms with Crippen molar-refractivity contribution in [2.24, 2.45) is 0 Å². The van der Waals surface area contributed by atoms with Gasteiger partial charge in [0.25, 0.3) is 0 Å². The molecule has 3 aromatic rings. The Morgan fingerprint density at radius 1 is 0.884 bits per heavy atom. The summed E-state index contributed by atoms with van der Waals surface area (Å²) in [6, 6.07) is 22.8. The Bertz CT molecular complexity index is 1480. The first-order valence-corrected chi connectivity index (χ1v) is 17.1. The van der Waals surface area contributed by atoms with Crippen LogP contribution in [0.4, 0.5) is 5.69 Å². The second-order valence-corrected chi connectivity index (χ2v) is 13.8.